The molecule has 0 aliphatic rings. The van der Waals surface area contributed by atoms with Crippen LogP contribution in [0.5, 0.6) is 5.88 Å². The van der Waals surface area contributed by atoms with Crippen molar-refractivity contribution in [1.29, 1.82) is 5.26 Å². The molecule has 0 spiro atoms. The summed E-state index contributed by atoms with van der Waals surface area (Å²) in [7, 11) is 0. The Kier molecular flexibility index (Phi) is 6.12. The van der Waals surface area contributed by atoms with E-state index in [-0.39, 0.29) is 28.1 Å². The number of rotatable bonds is 5. The van der Waals surface area contributed by atoms with Crippen LogP contribution in [-0.4, -0.2) is 28.2 Å². The van der Waals surface area contributed by atoms with E-state index >= 15 is 0 Å². The maximum Gasteiger partial charge on any atom is 0.416 e. The molecule has 7 nitrogen and oxygen atoms in total. The maximum absolute atomic E-state index is 12.7. The third-order valence-electron chi connectivity index (χ3n) is 3.28. The topological polar surface area (TPSA) is 114 Å². The van der Waals surface area contributed by atoms with Crippen LogP contribution in [0.25, 0.3) is 0 Å². The first kappa shape index (κ1) is 20.3. The highest BCUT2D eigenvalue weighted by Gasteiger charge is 2.30. The van der Waals surface area contributed by atoms with Crippen molar-refractivity contribution in [3.63, 3.8) is 0 Å². The van der Waals surface area contributed by atoms with Crippen molar-refractivity contribution in [3.05, 3.63) is 35.4 Å². The SMILES string of the molecule is CSc1nc(N)nc(O[C@@H](C)C(=O)Nc2cccc(C(F)(F)F)c2)c1C#N. The van der Waals surface area contributed by atoms with Crippen molar-refractivity contribution in [3.8, 4) is 11.9 Å². The molecule has 0 fully saturated rings. The predicted octanol–water partition coefficient (Wildman–Crippen LogP) is 3.08. The summed E-state index contributed by atoms with van der Waals surface area (Å²) in [6.07, 6.45) is -4.01. The summed E-state index contributed by atoms with van der Waals surface area (Å²) in [5, 5.41) is 11.9. The quantitative estimate of drug-likeness (QED) is 0.589. The highest BCUT2D eigenvalue weighted by Crippen LogP contribution is 2.31. The van der Waals surface area contributed by atoms with Crippen LogP contribution in [0, 0.1) is 11.3 Å². The van der Waals surface area contributed by atoms with Gasteiger partial charge in [-0.2, -0.15) is 23.4 Å². The molecule has 2 rings (SSSR count). The molecule has 0 saturated carbocycles. The molecule has 11 heteroatoms. The number of halogens is 3. The molecule has 1 aromatic carbocycles. The Hall–Kier alpha value is -3.00. The minimum Gasteiger partial charge on any atom is -0.463 e. The Balaban J connectivity index is 2.18. The largest absolute Gasteiger partial charge is 0.463 e. The molecule has 0 saturated heterocycles. The van der Waals surface area contributed by atoms with Crippen LogP contribution in [0.15, 0.2) is 29.3 Å². The second-order valence-electron chi connectivity index (χ2n) is 5.21. The van der Waals surface area contributed by atoms with Gasteiger partial charge in [0.2, 0.25) is 11.8 Å². The van der Waals surface area contributed by atoms with Gasteiger partial charge in [-0.15, -0.1) is 11.8 Å². The van der Waals surface area contributed by atoms with Gasteiger partial charge >= 0.3 is 6.18 Å². The van der Waals surface area contributed by atoms with Crippen LogP contribution in [0.3, 0.4) is 0 Å². The van der Waals surface area contributed by atoms with E-state index in [0.29, 0.717) is 0 Å². The van der Waals surface area contributed by atoms with E-state index in [1.807, 2.05) is 6.07 Å². The molecule has 0 bridgehead atoms. The average molecular weight is 397 g/mol. The first-order chi connectivity index (χ1) is 12.7. The first-order valence-electron chi connectivity index (χ1n) is 7.42. The van der Waals surface area contributed by atoms with Crippen molar-refractivity contribution >= 4 is 29.3 Å². The number of hydrogen-bond acceptors (Lipinski definition) is 7. The van der Waals surface area contributed by atoms with E-state index in [9.17, 15) is 23.2 Å². The standard InChI is InChI=1S/C16H14F3N5O2S/c1-8(26-13-11(7-20)14(27-2)24-15(21)23-13)12(25)22-10-5-3-4-9(6-10)16(17,18)19/h3-6,8H,1-2H3,(H,22,25)(H2,21,23,24)/t8-/m0/s1. The van der Waals surface area contributed by atoms with Crippen molar-refractivity contribution in [1.82, 2.24) is 9.97 Å². The summed E-state index contributed by atoms with van der Waals surface area (Å²) in [6.45, 7) is 1.36. The van der Waals surface area contributed by atoms with Crippen LogP contribution in [0.4, 0.5) is 24.8 Å². The normalized spacial score (nSPS) is 12.1. The van der Waals surface area contributed by atoms with Gasteiger partial charge in [-0.05, 0) is 31.4 Å². The number of benzene rings is 1. The highest BCUT2D eigenvalue weighted by molar-refractivity contribution is 7.98. The molecule has 27 heavy (non-hydrogen) atoms. The zero-order chi connectivity index (χ0) is 20.2. The minimum atomic E-state index is -4.53. The van der Waals surface area contributed by atoms with Gasteiger partial charge in [0.05, 0.1) is 5.56 Å². The molecule has 0 unspecified atom stereocenters. The first-order valence-corrected chi connectivity index (χ1v) is 8.64. The molecule has 3 N–H and O–H groups in total. The number of nitrogens with one attached hydrogen (secondary N) is 1. The van der Waals surface area contributed by atoms with Crippen molar-refractivity contribution in [2.24, 2.45) is 0 Å². The minimum absolute atomic E-state index is 0.00965. The van der Waals surface area contributed by atoms with Gasteiger partial charge in [-0.1, -0.05) is 6.07 Å². The van der Waals surface area contributed by atoms with Gasteiger partial charge < -0.3 is 15.8 Å². The number of amides is 1. The molecule has 1 heterocycles. The monoisotopic (exact) mass is 397 g/mol. The number of carbonyl (C=O) groups excluding carboxylic acids is 1. The fourth-order valence-corrected chi connectivity index (χ4v) is 2.53. The molecule has 1 aromatic heterocycles. The fourth-order valence-electron chi connectivity index (χ4n) is 2.00. The molecule has 0 radical (unpaired) electrons. The van der Waals surface area contributed by atoms with E-state index in [2.05, 4.69) is 15.3 Å². The maximum atomic E-state index is 12.7. The van der Waals surface area contributed by atoms with Crippen molar-refractivity contribution in [2.45, 2.75) is 24.2 Å². The van der Waals surface area contributed by atoms with Crippen LogP contribution >= 0.6 is 11.8 Å². The number of nitrogens with two attached hydrogens (primary N) is 1. The van der Waals surface area contributed by atoms with Crippen LogP contribution in [-0.2, 0) is 11.0 Å². The molecule has 0 aliphatic heterocycles. The molecule has 1 atom stereocenters. The van der Waals surface area contributed by atoms with E-state index < -0.39 is 23.8 Å². The molecule has 1 amide bonds. The summed E-state index contributed by atoms with van der Waals surface area (Å²) in [4.78, 5) is 19.9. The van der Waals surface area contributed by atoms with Crippen LogP contribution in [0.2, 0.25) is 0 Å². The number of nitrogen functional groups attached to an aromatic ring is 1. The zero-order valence-corrected chi connectivity index (χ0v) is 15.0. The number of aromatic nitrogens is 2. The lowest BCUT2D eigenvalue weighted by molar-refractivity contribution is -0.137. The van der Waals surface area contributed by atoms with Crippen molar-refractivity contribution < 1.29 is 22.7 Å². The van der Waals surface area contributed by atoms with Crippen LogP contribution in [0.1, 0.15) is 18.1 Å². The Morgan fingerprint density at radius 3 is 2.70 bits per heavy atom. The number of thioether (sulfide) groups is 1. The number of anilines is 2. The van der Waals surface area contributed by atoms with E-state index in [0.717, 1.165) is 23.9 Å². The summed E-state index contributed by atoms with van der Waals surface area (Å²) in [5.74, 6) is -1.04. The van der Waals surface area contributed by atoms with Gasteiger partial charge in [0.15, 0.2) is 6.10 Å². The van der Waals surface area contributed by atoms with E-state index in [4.69, 9.17) is 10.5 Å². The van der Waals surface area contributed by atoms with Gasteiger partial charge in [0.1, 0.15) is 16.7 Å². The van der Waals surface area contributed by atoms with Gasteiger partial charge in [0, 0.05) is 5.69 Å². The van der Waals surface area contributed by atoms with E-state index in [1.165, 1.54) is 19.1 Å². The van der Waals surface area contributed by atoms with Gasteiger partial charge in [0.25, 0.3) is 5.91 Å². The number of ether oxygens (including phenoxy) is 1. The number of alkyl halides is 3. The molecular weight excluding hydrogens is 383 g/mol. The summed E-state index contributed by atoms with van der Waals surface area (Å²) >= 11 is 1.15. The lowest BCUT2D eigenvalue weighted by Gasteiger charge is -2.16. The summed E-state index contributed by atoms with van der Waals surface area (Å²) in [5.41, 5.74) is 4.63. The van der Waals surface area contributed by atoms with Gasteiger partial charge in [-0.25, -0.2) is 4.98 Å². The number of carbonyl (C=O) groups is 1. The molecule has 142 valence electrons. The van der Waals surface area contributed by atoms with Crippen LogP contribution < -0.4 is 15.8 Å². The fraction of sp³-hybridized carbons (Fsp3) is 0.250. The van der Waals surface area contributed by atoms with Gasteiger partial charge in [-0.3, -0.25) is 4.79 Å². The molecule has 2 aromatic rings. The summed E-state index contributed by atoms with van der Waals surface area (Å²) < 4.78 is 43.6. The molecule has 0 aliphatic carbocycles. The lowest BCUT2D eigenvalue weighted by atomic mass is 10.2. The second-order valence-corrected chi connectivity index (χ2v) is 6.01. The number of hydrogen-bond donors (Lipinski definition) is 2. The third-order valence-corrected chi connectivity index (χ3v) is 3.96. The number of nitrogens with zero attached hydrogens (tertiary/aromatic N) is 3. The summed E-state index contributed by atoms with van der Waals surface area (Å²) in [6, 6.07) is 6.06. The average Bonchev–Trinajstić information content (AvgIpc) is 2.60. The third kappa shape index (κ3) is 5.01. The second kappa shape index (κ2) is 8.13. The van der Waals surface area contributed by atoms with E-state index in [1.54, 1.807) is 6.26 Å². The number of nitriles is 1. The lowest BCUT2D eigenvalue weighted by Crippen LogP contribution is -2.31. The smallest absolute Gasteiger partial charge is 0.416 e. The Morgan fingerprint density at radius 2 is 2.11 bits per heavy atom. The highest BCUT2D eigenvalue weighted by atomic mass is 32.2. The molecular formula is C16H14F3N5O2S. The van der Waals surface area contributed by atoms with Crippen molar-refractivity contribution in [2.75, 3.05) is 17.3 Å². The Bertz CT molecular complexity index is 899. The zero-order valence-electron chi connectivity index (χ0n) is 14.2. The Labute approximate surface area is 156 Å². The predicted molar refractivity (Wildman–Crippen MR) is 93.1 cm³/mol. The Morgan fingerprint density at radius 1 is 1.41 bits per heavy atom.